The Kier molecular flexibility index (Phi) is 4.73. The summed E-state index contributed by atoms with van der Waals surface area (Å²) in [4.78, 5) is 24.5. The summed E-state index contributed by atoms with van der Waals surface area (Å²) in [5.41, 5.74) is 5.67. The van der Waals surface area contributed by atoms with Crippen LogP contribution in [0.4, 0.5) is 0 Å². The molecule has 5 nitrogen and oxygen atoms in total. The number of carbonyl (C=O) groups excluding carboxylic acids is 2. The van der Waals surface area contributed by atoms with Crippen LogP contribution >= 0.6 is 0 Å². The second-order valence-corrected chi connectivity index (χ2v) is 4.38. The van der Waals surface area contributed by atoms with E-state index in [4.69, 9.17) is 5.73 Å². The third-order valence-corrected chi connectivity index (χ3v) is 3.08. The van der Waals surface area contributed by atoms with E-state index in [2.05, 4.69) is 5.32 Å². The minimum Gasteiger partial charge on any atom is -0.347 e. The minimum absolute atomic E-state index is 0.0298. The molecule has 0 radical (unpaired) electrons. The van der Waals surface area contributed by atoms with Crippen molar-refractivity contribution in [2.45, 2.75) is 45.2 Å². The van der Waals surface area contributed by atoms with E-state index in [1.165, 1.54) is 6.92 Å². The van der Waals surface area contributed by atoms with Gasteiger partial charge in [-0.2, -0.15) is 0 Å². The van der Waals surface area contributed by atoms with Gasteiger partial charge in [-0.25, -0.2) is 0 Å². The fourth-order valence-corrected chi connectivity index (χ4v) is 2.26. The van der Waals surface area contributed by atoms with Crippen molar-refractivity contribution in [3.8, 4) is 0 Å². The maximum atomic E-state index is 11.9. The second-order valence-electron chi connectivity index (χ2n) is 4.38. The molecule has 0 spiro atoms. The first-order valence-corrected chi connectivity index (χ1v) is 5.82. The van der Waals surface area contributed by atoms with Crippen molar-refractivity contribution in [1.29, 1.82) is 0 Å². The first-order chi connectivity index (χ1) is 7.56. The van der Waals surface area contributed by atoms with Gasteiger partial charge in [0.25, 0.3) is 0 Å². The summed E-state index contributed by atoms with van der Waals surface area (Å²) in [7, 11) is 0. The largest absolute Gasteiger partial charge is 0.347 e. The molecule has 0 bridgehead atoms. The molecule has 0 aromatic carbocycles. The van der Waals surface area contributed by atoms with Gasteiger partial charge in [-0.3, -0.25) is 9.59 Å². The number of rotatable bonds is 3. The molecule has 1 saturated heterocycles. The van der Waals surface area contributed by atoms with Gasteiger partial charge in [-0.15, -0.1) is 0 Å². The van der Waals surface area contributed by atoms with Gasteiger partial charge >= 0.3 is 0 Å². The molecule has 0 aliphatic carbocycles. The molecule has 5 heteroatoms. The number of nitrogens with two attached hydrogens (primary N) is 1. The summed E-state index contributed by atoms with van der Waals surface area (Å²) >= 11 is 0. The molecule has 1 rings (SSSR count). The Labute approximate surface area is 96.4 Å². The molecule has 1 aliphatic rings. The Morgan fingerprint density at radius 1 is 1.44 bits per heavy atom. The van der Waals surface area contributed by atoms with Crippen LogP contribution in [-0.2, 0) is 9.59 Å². The topological polar surface area (TPSA) is 75.4 Å². The van der Waals surface area contributed by atoms with Crippen molar-refractivity contribution in [3.63, 3.8) is 0 Å². The molecule has 2 atom stereocenters. The van der Waals surface area contributed by atoms with Gasteiger partial charge in [0.1, 0.15) is 0 Å². The zero-order chi connectivity index (χ0) is 12.1. The van der Waals surface area contributed by atoms with Gasteiger partial charge in [0.05, 0.1) is 6.54 Å². The Hall–Kier alpha value is -1.10. The zero-order valence-electron chi connectivity index (χ0n) is 10.0. The highest BCUT2D eigenvalue weighted by Crippen LogP contribution is 2.21. The fourth-order valence-electron chi connectivity index (χ4n) is 2.26. The lowest BCUT2D eigenvalue weighted by Crippen LogP contribution is -2.54. The number of nitrogens with one attached hydrogen (secondary N) is 1. The quantitative estimate of drug-likeness (QED) is 0.704. The Balaban J connectivity index is 2.58. The normalized spacial score (nSPS) is 25.3. The van der Waals surface area contributed by atoms with E-state index >= 15 is 0 Å². The lowest BCUT2D eigenvalue weighted by atomic mass is 9.96. The third kappa shape index (κ3) is 3.20. The van der Waals surface area contributed by atoms with Crippen molar-refractivity contribution in [2.75, 3.05) is 13.1 Å². The van der Waals surface area contributed by atoms with Gasteiger partial charge in [0.15, 0.2) is 0 Å². The van der Waals surface area contributed by atoms with Crippen molar-refractivity contribution < 1.29 is 9.59 Å². The highest BCUT2D eigenvalue weighted by Gasteiger charge is 2.30. The average Bonchev–Trinajstić information content (AvgIpc) is 2.25. The van der Waals surface area contributed by atoms with E-state index in [0.29, 0.717) is 6.54 Å². The van der Waals surface area contributed by atoms with Crippen LogP contribution in [0.15, 0.2) is 0 Å². The van der Waals surface area contributed by atoms with E-state index in [0.717, 1.165) is 19.3 Å². The summed E-state index contributed by atoms with van der Waals surface area (Å²) in [6, 6.07) is 0.355. The zero-order valence-corrected chi connectivity index (χ0v) is 10.0. The first kappa shape index (κ1) is 13.0. The van der Waals surface area contributed by atoms with E-state index in [9.17, 15) is 9.59 Å². The van der Waals surface area contributed by atoms with Crippen LogP contribution in [0.5, 0.6) is 0 Å². The lowest BCUT2D eigenvalue weighted by Gasteiger charge is -2.40. The number of piperidine rings is 1. The summed E-state index contributed by atoms with van der Waals surface area (Å²) in [5, 5.41) is 2.54. The third-order valence-electron chi connectivity index (χ3n) is 3.08. The average molecular weight is 227 g/mol. The van der Waals surface area contributed by atoms with Crippen LogP contribution in [0.3, 0.4) is 0 Å². The van der Waals surface area contributed by atoms with Crippen LogP contribution in [0, 0.1) is 0 Å². The lowest BCUT2D eigenvalue weighted by molar-refractivity contribution is -0.138. The molecule has 2 amide bonds. The maximum absolute atomic E-state index is 11.9. The maximum Gasteiger partial charge on any atom is 0.242 e. The molecular weight excluding hydrogens is 206 g/mol. The Bertz CT molecular complexity index is 268. The number of hydrogen-bond donors (Lipinski definition) is 2. The second kappa shape index (κ2) is 5.84. The van der Waals surface area contributed by atoms with Gasteiger partial charge in [-0.05, 0) is 26.2 Å². The van der Waals surface area contributed by atoms with Gasteiger partial charge in [-0.1, -0.05) is 0 Å². The van der Waals surface area contributed by atoms with Crippen molar-refractivity contribution in [2.24, 2.45) is 5.73 Å². The van der Waals surface area contributed by atoms with E-state index in [1.807, 2.05) is 11.8 Å². The van der Waals surface area contributed by atoms with Gasteiger partial charge < -0.3 is 16.0 Å². The van der Waals surface area contributed by atoms with Crippen LogP contribution in [0.2, 0.25) is 0 Å². The summed E-state index contributed by atoms with van der Waals surface area (Å²) in [5.74, 6) is -0.208. The Morgan fingerprint density at radius 2 is 2.12 bits per heavy atom. The van der Waals surface area contributed by atoms with Crippen molar-refractivity contribution >= 4 is 11.8 Å². The molecule has 16 heavy (non-hydrogen) atoms. The first-order valence-electron chi connectivity index (χ1n) is 5.82. The molecular formula is C11H21N3O2. The number of amides is 2. The van der Waals surface area contributed by atoms with Crippen LogP contribution < -0.4 is 11.1 Å². The van der Waals surface area contributed by atoms with Crippen LogP contribution in [-0.4, -0.2) is 41.9 Å². The number of likely N-dealkylation sites (tertiary alicyclic amines) is 1. The van der Waals surface area contributed by atoms with Gasteiger partial charge in [0, 0.05) is 25.6 Å². The molecule has 0 aromatic rings. The number of carbonyl (C=O) groups is 2. The predicted octanol–water partition coefficient (Wildman–Crippen LogP) is -0.149. The summed E-state index contributed by atoms with van der Waals surface area (Å²) in [6.45, 7) is 4.02. The van der Waals surface area contributed by atoms with E-state index < -0.39 is 0 Å². The highest BCUT2D eigenvalue weighted by atomic mass is 16.2. The van der Waals surface area contributed by atoms with E-state index in [-0.39, 0.29) is 30.4 Å². The minimum atomic E-state index is -0.178. The molecule has 1 aliphatic heterocycles. The van der Waals surface area contributed by atoms with Crippen LogP contribution in [0.25, 0.3) is 0 Å². The monoisotopic (exact) mass is 227 g/mol. The van der Waals surface area contributed by atoms with Crippen molar-refractivity contribution in [1.82, 2.24) is 10.2 Å². The van der Waals surface area contributed by atoms with Crippen LogP contribution in [0.1, 0.15) is 33.1 Å². The number of nitrogens with zero attached hydrogens (tertiary/aromatic N) is 1. The fraction of sp³-hybridized carbons (Fsp3) is 0.818. The van der Waals surface area contributed by atoms with E-state index in [1.54, 1.807) is 0 Å². The van der Waals surface area contributed by atoms with Gasteiger partial charge in [0.2, 0.25) is 11.8 Å². The smallest absolute Gasteiger partial charge is 0.242 e. The SMILES string of the molecule is CC(=O)NCC(=O)N1C(C)CCCC1CN. The summed E-state index contributed by atoms with van der Waals surface area (Å²) < 4.78 is 0. The van der Waals surface area contributed by atoms with Crippen molar-refractivity contribution in [3.05, 3.63) is 0 Å². The molecule has 3 N–H and O–H groups in total. The molecule has 1 heterocycles. The highest BCUT2D eigenvalue weighted by molar-refractivity contribution is 5.84. The Morgan fingerprint density at radius 3 is 2.69 bits per heavy atom. The molecule has 0 aromatic heterocycles. The molecule has 1 fully saturated rings. The molecule has 2 unspecified atom stereocenters. The predicted molar refractivity (Wildman–Crippen MR) is 61.7 cm³/mol. The standard InChI is InChI=1S/C11H21N3O2/c1-8-4-3-5-10(6-12)14(8)11(16)7-13-9(2)15/h8,10H,3-7,12H2,1-2H3,(H,13,15). The summed E-state index contributed by atoms with van der Waals surface area (Å²) in [6.07, 6.45) is 3.10. The molecule has 0 saturated carbocycles. The molecule has 92 valence electrons. The number of hydrogen-bond acceptors (Lipinski definition) is 3.